The number of nitrogens with zero attached hydrogens (tertiary/aromatic N) is 2. The summed E-state index contributed by atoms with van der Waals surface area (Å²) < 4.78 is 34.5. The first-order chi connectivity index (χ1) is 6.82. The highest BCUT2D eigenvalue weighted by atomic mass is 32.2. The van der Waals surface area contributed by atoms with Gasteiger partial charge in [0.25, 0.3) is 0 Å². The van der Waals surface area contributed by atoms with Crippen LogP contribution in [-0.2, 0) is 10.0 Å². The number of sulfonamides is 1. The lowest BCUT2D eigenvalue weighted by atomic mass is 10.3. The number of nitrogens with two attached hydrogens (primary N) is 1. The molecule has 15 heavy (non-hydrogen) atoms. The summed E-state index contributed by atoms with van der Waals surface area (Å²) in [6.45, 7) is 2.85. The second-order valence-electron chi connectivity index (χ2n) is 2.95. The number of rotatable bonds is 2. The predicted octanol–water partition coefficient (Wildman–Crippen LogP) is 0.655. The normalized spacial score (nSPS) is 13.6. The molecule has 0 radical (unpaired) electrons. The second-order valence-corrected chi connectivity index (χ2v) is 4.65. The van der Waals surface area contributed by atoms with Crippen LogP contribution in [0.15, 0.2) is 17.3 Å². The van der Waals surface area contributed by atoms with Crippen molar-refractivity contribution in [2.45, 2.75) is 13.8 Å². The largest absolute Gasteiger partial charge is 0.234 e. The van der Waals surface area contributed by atoms with Crippen molar-refractivity contribution >= 4 is 15.6 Å². The molecule has 2 N–H and O–H groups in total. The Morgan fingerprint density at radius 2 is 1.80 bits per heavy atom. The number of aromatic nitrogens is 2. The van der Waals surface area contributed by atoms with Gasteiger partial charge in [0.15, 0.2) is 11.6 Å². The minimum atomic E-state index is -3.75. The van der Waals surface area contributed by atoms with E-state index in [9.17, 15) is 12.8 Å². The molecule has 0 unspecified atom stereocenters. The maximum atomic E-state index is 12.5. The molecular formula is C8H10FN3O2S. The van der Waals surface area contributed by atoms with Crippen LogP contribution < -0.4 is 5.14 Å². The molecule has 0 aliphatic heterocycles. The predicted molar refractivity (Wildman–Crippen MR) is 53.4 cm³/mol. The average molecular weight is 231 g/mol. The minimum Gasteiger partial charge on any atom is -0.234 e. The molecule has 7 heteroatoms. The molecule has 0 amide bonds. The van der Waals surface area contributed by atoms with Crippen LogP contribution in [0.25, 0.3) is 5.57 Å². The molecule has 0 bridgehead atoms. The van der Waals surface area contributed by atoms with Crippen molar-refractivity contribution < 1.29 is 12.8 Å². The first-order valence-electron chi connectivity index (χ1n) is 4.00. The molecule has 0 saturated carbocycles. The first-order valence-corrected chi connectivity index (χ1v) is 5.55. The number of primary sulfonamides is 1. The molecule has 1 rings (SSSR count). The third-order valence-electron chi connectivity index (χ3n) is 1.91. The van der Waals surface area contributed by atoms with E-state index in [-0.39, 0.29) is 10.7 Å². The number of halogens is 1. The van der Waals surface area contributed by atoms with Crippen LogP contribution in [0.2, 0.25) is 0 Å². The molecule has 0 fully saturated rings. The Bertz CT molecular complexity index is 493. The van der Waals surface area contributed by atoms with Crippen molar-refractivity contribution in [1.82, 2.24) is 9.97 Å². The van der Waals surface area contributed by atoms with Crippen molar-refractivity contribution in [2.24, 2.45) is 5.14 Å². The fraction of sp³-hybridized carbons (Fsp3) is 0.250. The Labute approximate surface area is 86.9 Å². The van der Waals surface area contributed by atoms with E-state index in [2.05, 4.69) is 9.97 Å². The van der Waals surface area contributed by atoms with Crippen LogP contribution in [-0.4, -0.2) is 18.4 Å². The van der Waals surface area contributed by atoms with Gasteiger partial charge in [0.05, 0.1) is 17.3 Å². The van der Waals surface area contributed by atoms with Crippen molar-refractivity contribution in [3.63, 3.8) is 0 Å². The summed E-state index contributed by atoms with van der Waals surface area (Å²) in [5.74, 6) is -0.442. The number of hydrogen-bond donors (Lipinski definition) is 1. The third-order valence-corrected chi connectivity index (χ3v) is 3.07. The Morgan fingerprint density at radius 3 is 2.20 bits per heavy atom. The lowest BCUT2D eigenvalue weighted by molar-refractivity contribution is 0.603. The van der Waals surface area contributed by atoms with Gasteiger partial charge in [-0.15, -0.1) is 0 Å². The van der Waals surface area contributed by atoms with Gasteiger partial charge in [0.2, 0.25) is 10.0 Å². The molecular weight excluding hydrogens is 221 g/mol. The molecule has 0 aliphatic carbocycles. The quantitative estimate of drug-likeness (QED) is 0.809. The maximum Gasteiger partial charge on any atom is 0.234 e. The van der Waals surface area contributed by atoms with Gasteiger partial charge < -0.3 is 0 Å². The third kappa shape index (κ3) is 2.80. The van der Waals surface area contributed by atoms with Gasteiger partial charge in [-0.05, 0) is 13.8 Å². The lowest BCUT2D eigenvalue weighted by Crippen LogP contribution is -2.14. The Hall–Kier alpha value is -1.34. The fourth-order valence-corrected chi connectivity index (χ4v) is 1.39. The van der Waals surface area contributed by atoms with Crippen molar-refractivity contribution in [3.05, 3.63) is 28.9 Å². The monoisotopic (exact) mass is 231 g/mol. The van der Waals surface area contributed by atoms with Crippen LogP contribution in [0, 0.1) is 5.82 Å². The summed E-state index contributed by atoms with van der Waals surface area (Å²) in [6, 6.07) is 0. The smallest absolute Gasteiger partial charge is 0.234 e. The van der Waals surface area contributed by atoms with E-state index in [1.807, 2.05) is 0 Å². The van der Waals surface area contributed by atoms with Crippen LogP contribution in [0.4, 0.5) is 4.39 Å². The van der Waals surface area contributed by atoms with E-state index in [1.165, 1.54) is 13.8 Å². The minimum absolute atomic E-state index is 0.0332. The summed E-state index contributed by atoms with van der Waals surface area (Å²) in [6.07, 6.45) is 1.92. The molecule has 0 saturated heterocycles. The summed E-state index contributed by atoms with van der Waals surface area (Å²) in [4.78, 5) is 7.26. The van der Waals surface area contributed by atoms with E-state index in [0.717, 1.165) is 12.4 Å². The zero-order valence-electron chi connectivity index (χ0n) is 8.23. The van der Waals surface area contributed by atoms with Crippen molar-refractivity contribution in [1.29, 1.82) is 0 Å². The van der Waals surface area contributed by atoms with Crippen LogP contribution >= 0.6 is 0 Å². The molecule has 1 aromatic heterocycles. The Kier molecular flexibility index (Phi) is 3.15. The van der Waals surface area contributed by atoms with Crippen molar-refractivity contribution in [2.75, 3.05) is 0 Å². The van der Waals surface area contributed by atoms with E-state index in [1.54, 1.807) is 0 Å². The molecule has 1 aromatic rings. The number of allylic oxidation sites excluding steroid dienone is 2. The molecule has 0 aliphatic rings. The van der Waals surface area contributed by atoms with Gasteiger partial charge in [0, 0.05) is 5.57 Å². The SMILES string of the molecule is CC(=C(C)S(N)(=O)=O)c1ncc(F)cn1. The molecule has 5 nitrogen and oxygen atoms in total. The van der Waals surface area contributed by atoms with Crippen LogP contribution in [0.1, 0.15) is 19.7 Å². The molecule has 0 atom stereocenters. The van der Waals surface area contributed by atoms with Gasteiger partial charge in [-0.1, -0.05) is 0 Å². The highest BCUT2D eigenvalue weighted by Crippen LogP contribution is 2.16. The van der Waals surface area contributed by atoms with Crippen LogP contribution in [0.3, 0.4) is 0 Å². The lowest BCUT2D eigenvalue weighted by Gasteiger charge is -2.03. The van der Waals surface area contributed by atoms with Gasteiger partial charge in [0.1, 0.15) is 0 Å². The summed E-state index contributed by atoms with van der Waals surface area (Å²) in [5, 5.41) is 4.93. The van der Waals surface area contributed by atoms with Crippen LogP contribution in [0.5, 0.6) is 0 Å². The van der Waals surface area contributed by atoms with Gasteiger partial charge in [-0.25, -0.2) is 27.9 Å². The van der Waals surface area contributed by atoms with Gasteiger partial charge >= 0.3 is 0 Å². The van der Waals surface area contributed by atoms with E-state index >= 15 is 0 Å². The topological polar surface area (TPSA) is 85.9 Å². The maximum absolute atomic E-state index is 12.5. The summed E-state index contributed by atoms with van der Waals surface area (Å²) >= 11 is 0. The average Bonchev–Trinajstić information content (AvgIpc) is 2.15. The summed E-state index contributed by atoms with van der Waals surface area (Å²) in [5.41, 5.74) is 0.303. The highest BCUT2D eigenvalue weighted by Gasteiger charge is 2.12. The fourth-order valence-electron chi connectivity index (χ4n) is 0.877. The Balaban J connectivity index is 3.25. The molecule has 1 heterocycles. The first kappa shape index (κ1) is 11.7. The zero-order chi connectivity index (χ0) is 11.6. The molecule has 82 valence electrons. The zero-order valence-corrected chi connectivity index (χ0v) is 9.05. The standard InChI is InChI=1S/C8H10FN3O2S/c1-5(6(2)15(10,13)14)8-11-3-7(9)4-12-8/h3-4H,1-2H3,(H2,10,13,14). The van der Waals surface area contributed by atoms with Gasteiger partial charge in [-0.2, -0.15) is 0 Å². The highest BCUT2D eigenvalue weighted by molar-refractivity contribution is 7.93. The second kappa shape index (κ2) is 4.03. The van der Waals surface area contributed by atoms with E-state index in [0.29, 0.717) is 5.57 Å². The van der Waals surface area contributed by atoms with E-state index in [4.69, 9.17) is 5.14 Å². The molecule has 0 aromatic carbocycles. The summed E-state index contributed by atoms with van der Waals surface area (Å²) in [7, 11) is -3.75. The Morgan fingerprint density at radius 1 is 1.33 bits per heavy atom. The number of hydrogen-bond acceptors (Lipinski definition) is 4. The molecule has 0 spiro atoms. The van der Waals surface area contributed by atoms with Gasteiger partial charge in [-0.3, -0.25) is 0 Å². The van der Waals surface area contributed by atoms with E-state index < -0.39 is 15.8 Å². The van der Waals surface area contributed by atoms with Crippen molar-refractivity contribution in [3.8, 4) is 0 Å².